The van der Waals surface area contributed by atoms with Gasteiger partial charge in [0.2, 0.25) is 5.91 Å². The van der Waals surface area contributed by atoms with Crippen molar-refractivity contribution in [3.8, 4) is 0 Å². The van der Waals surface area contributed by atoms with E-state index in [-0.39, 0.29) is 17.6 Å². The Hall–Kier alpha value is -1.40. The van der Waals surface area contributed by atoms with E-state index in [0.717, 1.165) is 17.7 Å². The Labute approximate surface area is 119 Å². The molecular weight excluding hydrogens is 276 g/mol. The van der Waals surface area contributed by atoms with Crippen molar-refractivity contribution in [3.05, 3.63) is 35.4 Å². The molecule has 0 fully saturated rings. The van der Waals surface area contributed by atoms with Gasteiger partial charge in [-0.2, -0.15) is 0 Å². The standard InChI is InChI=1S/C14H20N2O3S/c1-20(18,19)8-4-7-16-14(17)13-10-15-9-11-5-2-3-6-12(11)13/h2-3,5-6,13,15H,4,7-10H2,1H3,(H,16,17). The van der Waals surface area contributed by atoms with Crippen LogP contribution in [0.25, 0.3) is 0 Å². The van der Waals surface area contributed by atoms with E-state index in [4.69, 9.17) is 0 Å². The van der Waals surface area contributed by atoms with Crippen LogP contribution in [0, 0.1) is 0 Å². The van der Waals surface area contributed by atoms with Gasteiger partial charge in [0.15, 0.2) is 0 Å². The van der Waals surface area contributed by atoms with Crippen LogP contribution in [0.1, 0.15) is 23.5 Å². The highest BCUT2D eigenvalue weighted by Gasteiger charge is 2.25. The normalized spacial score (nSPS) is 18.4. The molecule has 0 saturated heterocycles. The average Bonchev–Trinajstić information content (AvgIpc) is 2.41. The third-order valence-electron chi connectivity index (χ3n) is 3.40. The highest BCUT2D eigenvalue weighted by Crippen LogP contribution is 2.23. The quantitative estimate of drug-likeness (QED) is 0.773. The van der Waals surface area contributed by atoms with Gasteiger partial charge in [-0.1, -0.05) is 24.3 Å². The molecule has 1 aliphatic heterocycles. The minimum absolute atomic E-state index is 0.0434. The van der Waals surface area contributed by atoms with Crippen LogP contribution in [-0.2, 0) is 21.2 Å². The minimum atomic E-state index is -2.96. The van der Waals surface area contributed by atoms with E-state index in [9.17, 15) is 13.2 Å². The van der Waals surface area contributed by atoms with Crippen molar-refractivity contribution >= 4 is 15.7 Å². The maximum atomic E-state index is 12.2. The predicted octanol–water partition coefficient (Wildman–Crippen LogP) is 0.424. The van der Waals surface area contributed by atoms with Gasteiger partial charge in [0.25, 0.3) is 0 Å². The first-order chi connectivity index (χ1) is 9.47. The van der Waals surface area contributed by atoms with Gasteiger partial charge in [-0.3, -0.25) is 4.79 Å². The predicted molar refractivity (Wildman–Crippen MR) is 78.2 cm³/mol. The highest BCUT2D eigenvalue weighted by atomic mass is 32.2. The Kier molecular flexibility index (Phi) is 4.77. The fourth-order valence-corrected chi connectivity index (χ4v) is 3.07. The molecule has 6 heteroatoms. The molecule has 0 radical (unpaired) electrons. The summed E-state index contributed by atoms with van der Waals surface area (Å²) in [6, 6.07) is 7.91. The smallest absolute Gasteiger partial charge is 0.228 e. The van der Waals surface area contributed by atoms with Crippen molar-refractivity contribution in [2.45, 2.75) is 18.9 Å². The number of amides is 1. The number of hydrogen-bond acceptors (Lipinski definition) is 4. The molecule has 20 heavy (non-hydrogen) atoms. The van der Waals surface area contributed by atoms with E-state index < -0.39 is 9.84 Å². The average molecular weight is 296 g/mol. The van der Waals surface area contributed by atoms with Crippen molar-refractivity contribution in [3.63, 3.8) is 0 Å². The first-order valence-electron chi connectivity index (χ1n) is 6.71. The summed E-state index contributed by atoms with van der Waals surface area (Å²) in [5.41, 5.74) is 2.21. The first kappa shape index (κ1) is 15.0. The zero-order valence-electron chi connectivity index (χ0n) is 11.6. The Morgan fingerprint density at radius 2 is 2.15 bits per heavy atom. The fourth-order valence-electron chi connectivity index (χ4n) is 2.40. The molecule has 0 aromatic heterocycles. The number of sulfone groups is 1. The molecule has 1 heterocycles. The van der Waals surface area contributed by atoms with Crippen LogP contribution in [0.2, 0.25) is 0 Å². The second-order valence-electron chi connectivity index (χ2n) is 5.16. The van der Waals surface area contributed by atoms with E-state index in [1.165, 1.54) is 6.26 Å². The van der Waals surface area contributed by atoms with Crippen LogP contribution in [0.15, 0.2) is 24.3 Å². The van der Waals surface area contributed by atoms with Gasteiger partial charge < -0.3 is 10.6 Å². The number of hydrogen-bond donors (Lipinski definition) is 2. The summed E-state index contributed by atoms with van der Waals surface area (Å²) in [6.45, 7) is 1.80. The molecule has 1 aromatic carbocycles. The van der Waals surface area contributed by atoms with Crippen LogP contribution in [0.3, 0.4) is 0 Å². The van der Waals surface area contributed by atoms with Crippen molar-refractivity contribution < 1.29 is 13.2 Å². The number of rotatable bonds is 5. The zero-order valence-corrected chi connectivity index (χ0v) is 12.4. The van der Waals surface area contributed by atoms with Crippen molar-refractivity contribution in [1.29, 1.82) is 0 Å². The SMILES string of the molecule is CS(=O)(=O)CCCNC(=O)C1CNCc2ccccc21. The van der Waals surface area contributed by atoms with E-state index >= 15 is 0 Å². The Balaban J connectivity index is 1.91. The van der Waals surface area contributed by atoms with Gasteiger partial charge in [-0.25, -0.2) is 8.42 Å². The summed E-state index contributed by atoms with van der Waals surface area (Å²) in [4.78, 5) is 12.2. The lowest BCUT2D eigenvalue weighted by Crippen LogP contribution is -2.39. The second kappa shape index (κ2) is 6.37. The molecule has 1 aliphatic rings. The second-order valence-corrected chi connectivity index (χ2v) is 7.42. The Morgan fingerprint density at radius 1 is 1.40 bits per heavy atom. The summed E-state index contributed by atoms with van der Waals surface area (Å²) in [5, 5.41) is 6.05. The van der Waals surface area contributed by atoms with E-state index in [1.54, 1.807) is 0 Å². The van der Waals surface area contributed by atoms with Crippen LogP contribution in [-0.4, -0.2) is 39.4 Å². The summed E-state index contributed by atoms with van der Waals surface area (Å²) >= 11 is 0. The van der Waals surface area contributed by atoms with Crippen LogP contribution >= 0.6 is 0 Å². The van der Waals surface area contributed by atoms with Gasteiger partial charge >= 0.3 is 0 Å². The fraction of sp³-hybridized carbons (Fsp3) is 0.500. The topological polar surface area (TPSA) is 75.3 Å². The Morgan fingerprint density at radius 3 is 2.90 bits per heavy atom. The summed E-state index contributed by atoms with van der Waals surface area (Å²) < 4.78 is 22.0. The molecule has 2 rings (SSSR count). The monoisotopic (exact) mass is 296 g/mol. The summed E-state index contributed by atoms with van der Waals surface area (Å²) in [7, 11) is -2.96. The first-order valence-corrected chi connectivity index (χ1v) is 8.77. The van der Waals surface area contributed by atoms with E-state index in [0.29, 0.717) is 19.5 Å². The summed E-state index contributed by atoms with van der Waals surface area (Å²) in [5.74, 6) is -0.136. The maximum Gasteiger partial charge on any atom is 0.228 e. The molecule has 0 saturated carbocycles. The zero-order chi connectivity index (χ0) is 14.6. The molecular formula is C14H20N2O3S. The lowest BCUT2D eigenvalue weighted by molar-refractivity contribution is -0.122. The molecule has 0 spiro atoms. The van der Waals surface area contributed by atoms with Crippen molar-refractivity contribution in [2.24, 2.45) is 0 Å². The molecule has 1 aromatic rings. The van der Waals surface area contributed by atoms with Crippen molar-refractivity contribution in [2.75, 3.05) is 25.1 Å². The lowest BCUT2D eigenvalue weighted by Gasteiger charge is -2.25. The number of carbonyl (C=O) groups excluding carboxylic acids is 1. The molecule has 0 aliphatic carbocycles. The molecule has 1 unspecified atom stereocenters. The van der Waals surface area contributed by atoms with Gasteiger partial charge in [0.05, 0.1) is 11.7 Å². The number of nitrogens with one attached hydrogen (secondary N) is 2. The number of benzene rings is 1. The number of carbonyl (C=O) groups is 1. The number of fused-ring (bicyclic) bond motifs is 1. The maximum absolute atomic E-state index is 12.2. The molecule has 110 valence electrons. The Bertz CT molecular complexity index is 584. The van der Waals surface area contributed by atoms with Gasteiger partial charge in [0, 0.05) is 25.9 Å². The van der Waals surface area contributed by atoms with E-state index in [2.05, 4.69) is 10.6 Å². The molecule has 1 atom stereocenters. The molecule has 0 bridgehead atoms. The van der Waals surface area contributed by atoms with Crippen LogP contribution < -0.4 is 10.6 Å². The summed E-state index contributed by atoms with van der Waals surface area (Å²) in [6.07, 6.45) is 1.66. The van der Waals surface area contributed by atoms with Gasteiger partial charge in [-0.05, 0) is 17.5 Å². The third-order valence-corrected chi connectivity index (χ3v) is 4.43. The van der Waals surface area contributed by atoms with Crippen LogP contribution in [0.5, 0.6) is 0 Å². The highest BCUT2D eigenvalue weighted by molar-refractivity contribution is 7.90. The van der Waals surface area contributed by atoms with E-state index in [1.807, 2.05) is 24.3 Å². The van der Waals surface area contributed by atoms with Gasteiger partial charge in [0.1, 0.15) is 9.84 Å². The van der Waals surface area contributed by atoms with Crippen LogP contribution in [0.4, 0.5) is 0 Å². The third kappa shape index (κ3) is 4.05. The molecule has 5 nitrogen and oxygen atoms in total. The lowest BCUT2D eigenvalue weighted by atomic mass is 9.90. The molecule has 1 amide bonds. The van der Waals surface area contributed by atoms with Crippen molar-refractivity contribution in [1.82, 2.24) is 10.6 Å². The minimum Gasteiger partial charge on any atom is -0.355 e. The van der Waals surface area contributed by atoms with Gasteiger partial charge in [-0.15, -0.1) is 0 Å². The largest absolute Gasteiger partial charge is 0.355 e. The molecule has 2 N–H and O–H groups in total.